The van der Waals surface area contributed by atoms with Gasteiger partial charge in [-0.2, -0.15) is 4.98 Å². The highest BCUT2D eigenvalue weighted by atomic mass is 35.5. The fourth-order valence-corrected chi connectivity index (χ4v) is 2.02. The predicted molar refractivity (Wildman–Crippen MR) is 67.9 cm³/mol. The van der Waals surface area contributed by atoms with Crippen molar-refractivity contribution in [1.29, 1.82) is 0 Å². The number of nitrogens with one attached hydrogen (secondary N) is 1. The summed E-state index contributed by atoms with van der Waals surface area (Å²) in [7, 11) is 1.52. The third-order valence-electron chi connectivity index (χ3n) is 2.02. The van der Waals surface area contributed by atoms with Crippen LogP contribution >= 0.6 is 22.9 Å². The first-order valence-electron chi connectivity index (χ1n) is 4.98. The van der Waals surface area contributed by atoms with Gasteiger partial charge in [-0.1, -0.05) is 11.6 Å². The van der Waals surface area contributed by atoms with Crippen LogP contribution in [0, 0.1) is 0 Å². The molecule has 17 heavy (non-hydrogen) atoms. The summed E-state index contributed by atoms with van der Waals surface area (Å²) in [5, 5.41) is 6.64. The number of anilines is 1. The molecule has 0 unspecified atom stereocenters. The van der Waals surface area contributed by atoms with E-state index in [4.69, 9.17) is 16.3 Å². The molecule has 2 aromatic heterocycles. The van der Waals surface area contributed by atoms with Crippen LogP contribution in [0.4, 0.5) is 5.82 Å². The van der Waals surface area contributed by atoms with Crippen molar-refractivity contribution in [1.82, 2.24) is 15.0 Å². The van der Waals surface area contributed by atoms with E-state index in [2.05, 4.69) is 20.3 Å². The number of aromatic nitrogens is 3. The van der Waals surface area contributed by atoms with Crippen LogP contribution in [0.1, 0.15) is 5.01 Å². The first-order chi connectivity index (χ1) is 8.29. The topological polar surface area (TPSA) is 59.9 Å². The second kappa shape index (κ2) is 5.79. The highest BCUT2D eigenvalue weighted by Gasteiger charge is 2.05. The van der Waals surface area contributed by atoms with Gasteiger partial charge in [-0.25, -0.2) is 9.97 Å². The van der Waals surface area contributed by atoms with Crippen molar-refractivity contribution in [3.8, 4) is 6.01 Å². The lowest BCUT2D eigenvalue weighted by atomic mass is 10.4. The van der Waals surface area contributed by atoms with E-state index in [0.29, 0.717) is 23.4 Å². The Kier molecular flexibility index (Phi) is 4.11. The number of ether oxygens (including phenoxy) is 1. The second-order valence-electron chi connectivity index (χ2n) is 3.16. The lowest BCUT2D eigenvalue weighted by molar-refractivity contribution is 0.380. The van der Waals surface area contributed by atoms with Gasteiger partial charge in [0.2, 0.25) is 0 Å². The van der Waals surface area contributed by atoms with Gasteiger partial charge in [0, 0.05) is 24.5 Å². The maximum absolute atomic E-state index is 5.96. The highest BCUT2D eigenvalue weighted by molar-refractivity contribution is 7.09. The molecule has 1 N–H and O–H groups in total. The average Bonchev–Trinajstić information content (AvgIpc) is 2.84. The van der Waals surface area contributed by atoms with Gasteiger partial charge in [0.1, 0.15) is 5.02 Å². The summed E-state index contributed by atoms with van der Waals surface area (Å²) in [6.45, 7) is 0.716. The van der Waals surface area contributed by atoms with Crippen molar-refractivity contribution < 1.29 is 4.74 Å². The maximum atomic E-state index is 5.96. The molecule has 2 rings (SSSR count). The van der Waals surface area contributed by atoms with Crippen LogP contribution in [-0.4, -0.2) is 28.6 Å². The van der Waals surface area contributed by atoms with Crippen molar-refractivity contribution in [3.63, 3.8) is 0 Å². The molecular formula is C10H11ClN4OS. The van der Waals surface area contributed by atoms with Gasteiger partial charge < -0.3 is 10.1 Å². The molecule has 90 valence electrons. The Balaban J connectivity index is 1.94. The zero-order chi connectivity index (χ0) is 12.1. The average molecular weight is 271 g/mol. The summed E-state index contributed by atoms with van der Waals surface area (Å²) in [6, 6.07) is 0.297. The minimum atomic E-state index is 0.297. The van der Waals surface area contributed by atoms with Gasteiger partial charge in [-0.15, -0.1) is 11.3 Å². The minimum absolute atomic E-state index is 0.297. The van der Waals surface area contributed by atoms with Gasteiger partial charge in [0.25, 0.3) is 0 Å². The molecule has 0 fully saturated rings. The number of halogens is 1. The molecule has 5 nitrogen and oxygen atoms in total. The van der Waals surface area contributed by atoms with Crippen molar-refractivity contribution in [2.75, 3.05) is 19.0 Å². The van der Waals surface area contributed by atoms with E-state index in [9.17, 15) is 0 Å². The Hall–Kier alpha value is -1.40. The van der Waals surface area contributed by atoms with Crippen molar-refractivity contribution >= 4 is 28.8 Å². The number of hydrogen-bond acceptors (Lipinski definition) is 6. The fourth-order valence-electron chi connectivity index (χ4n) is 1.24. The van der Waals surface area contributed by atoms with E-state index in [0.717, 1.165) is 11.4 Å². The molecule has 0 atom stereocenters. The Morgan fingerprint density at radius 2 is 2.35 bits per heavy atom. The van der Waals surface area contributed by atoms with E-state index in [1.807, 2.05) is 5.38 Å². The number of methoxy groups -OCH3 is 1. The van der Waals surface area contributed by atoms with Crippen molar-refractivity contribution in [2.24, 2.45) is 0 Å². The molecule has 0 aromatic carbocycles. The quantitative estimate of drug-likeness (QED) is 0.903. The van der Waals surface area contributed by atoms with E-state index in [-0.39, 0.29) is 0 Å². The minimum Gasteiger partial charge on any atom is -0.467 e. The van der Waals surface area contributed by atoms with Gasteiger partial charge in [-0.3, -0.25) is 0 Å². The van der Waals surface area contributed by atoms with Gasteiger partial charge in [-0.05, 0) is 0 Å². The SMILES string of the molecule is COc1ncc(Cl)c(NCCc2nccs2)n1. The first-order valence-corrected chi connectivity index (χ1v) is 6.24. The van der Waals surface area contributed by atoms with Gasteiger partial charge in [0.05, 0.1) is 18.3 Å². The van der Waals surface area contributed by atoms with Crippen LogP contribution in [0.25, 0.3) is 0 Å². The van der Waals surface area contributed by atoms with Gasteiger partial charge in [0.15, 0.2) is 5.82 Å². The largest absolute Gasteiger partial charge is 0.467 e. The number of nitrogens with zero attached hydrogens (tertiary/aromatic N) is 3. The smallest absolute Gasteiger partial charge is 0.318 e. The zero-order valence-corrected chi connectivity index (χ0v) is 10.8. The molecule has 0 radical (unpaired) electrons. The monoisotopic (exact) mass is 270 g/mol. The third kappa shape index (κ3) is 3.28. The second-order valence-corrected chi connectivity index (χ2v) is 4.54. The summed E-state index contributed by atoms with van der Waals surface area (Å²) < 4.78 is 4.93. The normalized spacial score (nSPS) is 10.2. The number of rotatable bonds is 5. The predicted octanol–water partition coefficient (Wildman–Crippen LogP) is 2.25. The molecule has 2 aromatic rings. The first kappa shape index (κ1) is 12.1. The molecule has 0 aliphatic rings. The van der Waals surface area contributed by atoms with E-state index in [1.165, 1.54) is 13.3 Å². The van der Waals surface area contributed by atoms with Crippen LogP contribution < -0.4 is 10.1 Å². The van der Waals surface area contributed by atoms with Crippen LogP contribution in [-0.2, 0) is 6.42 Å². The lowest BCUT2D eigenvalue weighted by Gasteiger charge is -2.07. The van der Waals surface area contributed by atoms with Crippen molar-refractivity contribution in [3.05, 3.63) is 27.8 Å². The van der Waals surface area contributed by atoms with Crippen LogP contribution in [0.5, 0.6) is 6.01 Å². The standard InChI is InChI=1S/C10H11ClN4OS/c1-16-10-14-6-7(11)9(15-10)13-3-2-8-12-4-5-17-8/h4-6H,2-3H2,1H3,(H,13,14,15). The third-order valence-corrected chi connectivity index (χ3v) is 3.14. The highest BCUT2D eigenvalue weighted by Crippen LogP contribution is 2.20. The molecule has 0 aliphatic carbocycles. The Morgan fingerprint density at radius 3 is 3.06 bits per heavy atom. The summed E-state index contributed by atoms with van der Waals surface area (Å²) in [5.74, 6) is 0.579. The van der Waals surface area contributed by atoms with Crippen LogP contribution in [0.3, 0.4) is 0 Å². The molecule has 0 spiro atoms. The molecule has 0 amide bonds. The lowest BCUT2D eigenvalue weighted by Crippen LogP contribution is -2.07. The van der Waals surface area contributed by atoms with Crippen LogP contribution in [0.15, 0.2) is 17.8 Å². The summed E-state index contributed by atoms with van der Waals surface area (Å²) in [6.07, 6.45) is 4.14. The summed E-state index contributed by atoms with van der Waals surface area (Å²) in [5.41, 5.74) is 0. The molecular weight excluding hydrogens is 260 g/mol. The number of hydrogen-bond donors (Lipinski definition) is 1. The van der Waals surface area contributed by atoms with E-state index < -0.39 is 0 Å². The van der Waals surface area contributed by atoms with Crippen LogP contribution in [0.2, 0.25) is 5.02 Å². The Bertz CT molecular complexity index is 477. The van der Waals surface area contributed by atoms with E-state index in [1.54, 1.807) is 17.5 Å². The molecule has 7 heteroatoms. The number of thiazole rings is 1. The zero-order valence-electron chi connectivity index (χ0n) is 9.18. The molecule has 2 heterocycles. The molecule has 0 bridgehead atoms. The van der Waals surface area contributed by atoms with E-state index >= 15 is 0 Å². The molecule has 0 saturated carbocycles. The molecule has 0 aliphatic heterocycles. The molecule has 0 saturated heterocycles. The summed E-state index contributed by atoms with van der Waals surface area (Å²) in [4.78, 5) is 12.2. The summed E-state index contributed by atoms with van der Waals surface area (Å²) >= 11 is 7.59. The Morgan fingerprint density at radius 1 is 1.47 bits per heavy atom. The maximum Gasteiger partial charge on any atom is 0.318 e. The fraction of sp³-hybridized carbons (Fsp3) is 0.300. The Labute approximate surface area is 108 Å². The van der Waals surface area contributed by atoms with Gasteiger partial charge >= 0.3 is 6.01 Å². The van der Waals surface area contributed by atoms with Crippen molar-refractivity contribution in [2.45, 2.75) is 6.42 Å².